The number of nitrogens with zero attached hydrogens (tertiary/aromatic N) is 4. The highest BCUT2D eigenvalue weighted by molar-refractivity contribution is 7.13. The van der Waals surface area contributed by atoms with Gasteiger partial charge in [-0.2, -0.15) is 10.1 Å². The summed E-state index contributed by atoms with van der Waals surface area (Å²) in [6, 6.07) is 9.27. The predicted octanol–water partition coefficient (Wildman–Crippen LogP) is 3.02. The third-order valence-corrected chi connectivity index (χ3v) is 5.19. The molecular formula is C17H13N5O3S. The lowest BCUT2D eigenvalue weighted by Crippen LogP contribution is -2.48. The van der Waals surface area contributed by atoms with E-state index >= 15 is 0 Å². The molecule has 0 unspecified atom stereocenters. The summed E-state index contributed by atoms with van der Waals surface area (Å²) in [5.74, 6) is 1.42. The Morgan fingerprint density at radius 3 is 3.00 bits per heavy atom. The van der Waals surface area contributed by atoms with Crippen molar-refractivity contribution in [2.75, 3.05) is 13.1 Å². The van der Waals surface area contributed by atoms with Crippen LogP contribution < -0.4 is 0 Å². The van der Waals surface area contributed by atoms with Gasteiger partial charge in [0.05, 0.1) is 22.8 Å². The molecule has 0 atom stereocenters. The second kappa shape index (κ2) is 5.95. The molecule has 1 saturated heterocycles. The van der Waals surface area contributed by atoms with Crippen LogP contribution in [0.5, 0.6) is 0 Å². The van der Waals surface area contributed by atoms with Crippen molar-refractivity contribution in [3.63, 3.8) is 0 Å². The SMILES string of the molecule is O=C(c1cc(-c2cccs2)[nH]n1)N1CC(c2nc(-c3ccco3)no2)C1. The number of hydrogen-bond acceptors (Lipinski definition) is 7. The number of carbonyl (C=O) groups is 1. The average molecular weight is 367 g/mol. The number of nitrogens with one attached hydrogen (secondary N) is 1. The topological polar surface area (TPSA) is 101 Å². The summed E-state index contributed by atoms with van der Waals surface area (Å²) < 4.78 is 10.6. The molecule has 9 heteroatoms. The molecule has 1 aliphatic heterocycles. The third kappa shape index (κ3) is 2.53. The Bertz CT molecular complexity index is 1030. The fraction of sp³-hybridized carbons (Fsp3) is 0.176. The highest BCUT2D eigenvalue weighted by Gasteiger charge is 2.37. The Morgan fingerprint density at radius 1 is 1.31 bits per heavy atom. The van der Waals surface area contributed by atoms with Gasteiger partial charge in [-0.05, 0) is 29.6 Å². The van der Waals surface area contributed by atoms with Crippen LogP contribution in [0, 0.1) is 0 Å². The molecule has 0 radical (unpaired) electrons. The molecule has 0 aromatic carbocycles. The number of hydrogen-bond donors (Lipinski definition) is 1. The van der Waals surface area contributed by atoms with Gasteiger partial charge < -0.3 is 13.8 Å². The summed E-state index contributed by atoms with van der Waals surface area (Å²) in [6.45, 7) is 1.06. The van der Waals surface area contributed by atoms with E-state index in [-0.39, 0.29) is 11.8 Å². The number of aromatic nitrogens is 4. The van der Waals surface area contributed by atoms with Crippen LogP contribution in [0.25, 0.3) is 22.2 Å². The van der Waals surface area contributed by atoms with Gasteiger partial charge in [-0.1, -0.05) is 11.2 Å². The van der Waals surface area contributed by atoms with Crippen LogP contribution in [-0.2, 0) is 0 Å². The normalized spacial score (nSPS) is 14.5. The lowest BCUT2D eigenvalue weighted by atomic mass is 9.99. The molecule has 5 heterocycles. The summed E-state index contributed by atoms with van der Waals surface area (Å²) in [5, 5.41) is 13.0. The van der Waals surface area contributed by atoms with Gasteiger partial charge in [0.15, 0.2) is 11.5 Å². The van der Waals surface area contributed by atoms with Gasteiger partial charge in [0.2, 0.25) is 11.7 Å². The second-order valence-corrected chi connectivity index (χ2v) is 6.93. The van der Waals surface area contributed by atoms with E-state index in [2.05, 4.69) is 20.3 Å². The monoisotopic (exact) mass is 367 g/mol. The first-order valence-corrected chi connectivity index (χ1v) is 8.92. The number of rotatable bonds is 4. The van der Waals surface area contributed by atoms with E-state index in [1.54, 1.807) is 40.7 Å². The van der Waals surface area contributed by atoms with Crippen LogP contribution in [0.2, 0.25) is 0 Å². The molecule has 0 bridgehead atoms. The molecule has 26 heavy (non-hydrogen) atoms. The maximum atomic E-state index is 12.5. The first kappa shape index (κ1) is 15.1. The number of thiophene rings is 1. The van der Waals surface area contributed by atoms with Crippen LogP contribution >= 0.6 is 11.3 Å². The van der Waals surface area contributed by atoms with Gasteiger partial charge >= 0.3 is 0 Å². The molecule has 0 spiro atoms. The number of amides is 1. The molecule has 0 aliphatic carbocycles. The van der Waals surface area contributed by atoms with Crippen LogP contribution in [0.4, 0.5) is 0 Å². The second-order valence-electron chi connectivity index (χ2n) is 5.98. The van der Waals surface area contributed by atoms with Crippen LogP contribution in [0.15, 0.2) is 50.9 Å². The minimum absolute atomic E-state index is 0.0332. The Morgan fingerprint density at radius 2 is 2.23 bits per heavy atom. The van der Waals surface area contributed by atoms with Crippen LogP contribution in [0.3, 0.4) is 0 Å². The zero-order valence-electron chi connectivity index (χ0n) is 13.5. The van der Waals surface area contributed by atoms with Gasteiger partial charge in [-0.15, -0.1) is 11.3 Å². The van der Waals surface area contributed by atoms with Crippen molar-refractivity contribution >= 4 is 17.2 Å². The summed E-state index contributed by atoms with van der Waals surface area (Å²) in [7, 11) is 0. The number of furan rings is 1. The van der Waals surface area contributed by atoms with Gasteiger partial charge in [-0.25, -0.2) is 0 Å². The molecular weight excluding hydrogens is 354 g/mol. The van der Waals surface area contributed by atoms with Crippen LogP contribution in [-0.4, -0.2) is 44.2 Å². The lowest BCUT2D eigenvalue weighted by molar-refractivity contribution is 0.0563. The van der Waals surface area contributed by atoms with Gasteiger partial charge in [0, 0.05) is 13.1 Å². The Balaban J connectivity index is 1.25. The molecule has 4 aromatic rings. The first-order valence-electron chi connectivity index (χ1n) is 8.04. The third-order valence-electron chi connectivity index (χ3n) is 4.28. The van der Waals surface area contributed by atoms with E-state index in [1.165, 1.54) is 0 Å². The van der Waals surface area contributed by atoms with Crippen molar-refractivity contribution in [1.82, 2.24) is 25.2 Å². The molecule has 8 nitrogen and oxygen atoms in total. The fourth-order valence-corrected chi connectivity index (χ4v) is 3.55. The minimum Gasteiger partial charge on any atom is -0.461 e. The lowest BCUT2D eigenvalue weighted by Gasteiger charge is -2.36. The highest BCUT2D eigenvalue weighted by atomic mass is 32.1. The van der Waals surface area contributed by atoms with Crippen molar-refractivity contribution in [3.05, 3.63) is 53.6 Å². The van der Waals surface area contributed by atoms with E-state index in [1.807, 2.05) is 17.5 Å². The summed E-state index contributed by atoms with van der Waals surface area (Å²) in [6.07, 6.45) is 1.56. The molecule has 1 N–H and O–H groups in total. The molecule has 1 fully saturated rings. The van der Waals surface area contributed by atoms with Gasteiger partial charge in [0.1, 0.15) is 0 Å². The average Bonchev–Trinajstić information content (AvgIpc) is 3.40. The molecule has 130 valence electrons. The predicted molar refractivity (Wildman–Crippen MR) is 92.5 cm³/mol. The standard InChI is InChI=1S/C17H13N5O3S/c23-17(12-7-11(19-20-12)14-4-2-6-26-14)22-8-10(9-22)16-18-15(21-25-16)13-3-1-5-24-13/h1-7,10H,8-9H2,(H,19,20). The quantitative estimate of drug-likeness (QED) is 0.595. The van der Waals surface area contributed by atoms with Gasteiger partial charge in [-0.3, -0.25) is 9.89 Å². The molecule has 1 aliphatic rings. The van der Waals surface area contributed by atoms with Gasteiger partial charge in [0.25, 0.3) is 5.91 Å². The summed E-state index contributed by atoms with van der Waals surface area (Å²) >= 11 is 1.60. The Kier molecular flexibility index (Phi) is 3.45. The van der Waals surface area contributed by atoms with E-state index < -0.39 is 0 Å². The van der Waals surface area contributed by atoms with Crippen molar-refractivity contribution < 1.29 is 13.7 Å². The summed E-state index contributed by atoms with van der Waals surface area (Å²) in [4.78, 5) is 19.7. The molecule has 5 rings (SSSR count). The number of likely N-dealkylation sites (tertiary alicyclic amines) is 1. The molecule has 4 aromatic heterocycles. The van der Waals surface area contributed by atoms with Crippen molar-refractivity contribution in [2.45, 2.75) is 5.92 Å². The van der Waals surface area contributed by atoms with E-state index in [0.717, 1.165) is 10.6 Å². The number of aromatic amines is 1. The number of H-pyrrole nitrogens is 1. The number of carbonyl (C=O) groups excluding carboxylic acids is 1. The minimum atomic E-state index is -0.105. The van der Waals surface area contributed by atoms with E-state index in [9.17, 15) is 4.79 Å². The maximum absolute atomic E-state index is 12.5. The molecule has 0 saturated carbocycles. The van der Waals surface area contributed by atoms with Crippen molar-refractivity contribution in [2.24, 2.45) is 0 Å². The van der Waals surface area contributed by atoms with E-state index in [0.29, 0.717) is 36.3 Å². The summed E-state index contributed by atoms with van der Waals surface area (Å²) in [5.41, 5.74) is 1.26. The Hall–Kier alpha value is -3.20. The van der Waals surface area contributed by atoms with Crippen LogP contribution in [0.1, 0.15) is 22.3 Å². The largest absolute Gasteiger partial charge is 0.461 e. The highest BCUT2D eigenvalue weighted by Crippen LogP contribution is 2.29. The smallest absolute Gasteiger partial charge is 0.274 e. The maximum Gasteiger partial charge on any atom is 0.274 e. The van der Waals surface area contributed by atoms with Crippen molar-refractivity contribution in [1.29, 1.82) is 0 Å². The first-order chi connectivity index (χ1) is 12.8. The Labute approximate surface area is 151 Å². The van der Waals surface area contributed by atoms with Crippen molar-refractivity contribution in [3.8, 4) is 22.2 Å². The fourth-order valence-electron chi connectivity index (χ4n) is 2.86. The zero-order chi connectivity index (χ0) is 17.5. The zero-order valence-corrected chi connectivity index (χ0v) is 14.3. The molecule has 1 amide bonds. The van der Waals surface area contributed by atoms with E-state index in [4.69, 9.17) is 8.94 Å².